The molecular formula is C27H37ClN4O3. The molecule has 0 unspecified atom stereocenters. The van der Waals surface area contributed by atoms with Crippen molar-refractivity contribution in [3.8, 4) is 0 Å². The Labute approximate surface area is 213 Å². The second kappa shape index (κ2) is 15.7. The first-order chi connectivity index (χ1) is 16.8. The zero-order chi connectivity index (χ0) is 26.3. The molecular weight excluding hydrogens is 464 g/mol. The van der Waals surface area contributed by atoms with Crippen molar-refractivity contribution in [3.63, 3.8) is 0 Å². The van der Waals surface area contributed by atoms with Gasteiger partial charge < -0.3 is 15.7 Å². The van der Waals surface area contributed by atoms with Gasteiger partial charge in [-0.3, -0.25) is 20.0 Å². The molecule has 8 heteroatoms. The van der Waals surface area contributed by atoms with Gasteiger partial charge in [0.15, 0.2) is 0 Å². The molecule has 0 saturated heterocycles. The van der Waals surface area contributed by atoms with Crippen molar-refractivity contribution in [2.24, 2.45) is 5.73 Å². The monoisotopic (exact) mass is 500 g/mol. The average Bonchev–Trinajstić information content (AvgIpc) is 3.66. The summed E-state index contributed by atoms with van der Waals surface area (Å²) >= 11 is 6.05. The number of aryl methyl sites for hydroxylation is 2. The molecule has 0 atom stereocenters. The highest BCUT2D eigenvalue weighted by atomic mass is 35.5. The van der Waals surface area contributed by atoms with Crippen LogP contribution in [0.3, 0.4) is 0 Å². The standard InChI is InChI=1S/C22H27ClN4O.C4H8.CH2O2/c1-2-16-8-9-19(26-14-16)22(10-11-22)21(28)27(15-20(24)25)12-4-6-17-5-3-7-18(23)13-17;1-3-4-2;2-1-3/h3,5,7-9,13-14H,2,4,6,10-12,15H2,1H3,(H3,24,25);3-4H,1-2H3;1H,(H,2,3)/b;4-3-;. The number of nitrogens with two attached hydrogens (primary N) is 1. The average molecular weight is 501 g/mol. The van der Waals surface area contributed by atoms with E-state index in [0.29, 0.717) is 11.6 Å². The Morgan fingerprint density at radius 2 is 1.89 bits per heavy atom. The number of halogens is 1. The smallest absolute Gasteiger partial charge is 0.290 e. The number of aromatic nitrogens is 1. The number of rotatable bonds is 9. The second-order valence-corrected chi connectivity index (χ2v) is 8.68. The van der Waals surface area contributed by atoms with Gasteiger partial charge in [-0.1, -0.05) is 48.9 Å². The molecule has 2 aromatic rings. The Balaban J connectivity index is 0.000000778. The molecule has 7 nitrogen and oxygen atoms in total. The third kappa shape index (κ3) is 9.91. The summed E-state index contributed by atoms with van der Waals surface area (Å²) in [6.07, 6.45) is 9.99. The molecule has 1 aromatic carbocycles. The van der Waals surface area contributed by atoms with Crippen molar-refractivity contribution in [1.82, 2.24) is 9.88 Å². The van der Waals surface area contributed by atoms with Crippen LogP contribution < -0.4 is 5.73 Å². The molecule has 35 heavy (non-hydrogen) atoms. The molecule has 1 fully saturated rings. The Hall–Kier alpha value is -3.19. The lowest BCUT2D eigenvalue weighted by Crippen LogP contribution is -2.44. The lowest BCUT2D eigenvalue weighted by Gasteiger charge is -2.27. The van der Waals surface area contributed by atoms with Crippen molar-refractivity contribution in [2.45, 2.75) is 58.3 Å². The quantitative estimate of drug-likeness (QED) is 0.193. The van der Waals surface area contributed by atoms with E-state index in [-0.39, 0.29) is 24.8 Å². The summed E-state index contributed by atoms with van der Waals surface area (Å²) < 4.78 is 0. The summed E-state index contributed by atoms with van der Waals surface area (Å²) in [5.74, 6) is 0.0340. The minimum Gasteiger partial charge on any atom is -0.483 e. The number of hydrogen-bond donors (Lipinski definition) is 3. The van der Waals surface area contributed by atoms with Crippen LogP contribution in [0, 0.1) is 5.41 Å². The minimum absolute atomic E-state index is 0.00111. The number of carboxylic acid groups (broad SMARTS) is 1. The third-order valence-corrected chi connectivity index (χ3v) is 5.88. The molecule has 3 rings (SSSR count). The molecule has 1 aliphatic carbocycles. The number of benzene rings is 1. The molecule has 1 aromatic heterocycles. The van der Waals surface area contributed by atoms with Gasteiger partial charge in [0.25, 0.3) is 6.47 Å². The van der Waals surface area contributed by atoms with Crippen LogP contribution in [0.25, 0.3) is 0 Å². The maximum Gasteiger partial charge on any atom is 0.290 e. The highest BCUT2D eigenvalue weighted by molar-refractivity contribution is 6.30. The number of nitrogens with one attached hydrogen (secondary N) is 1. The van der Waals surface area contributed by atoms with Crippen LogP contribution in [-0.4, -0.2) is 46.3 Å². The first kappa shape index (κ1) is 29.8. The van der Waals surface area contributed by atoms with E-state index in [1.54, 1.807) is 4.90 Å². The van der Waals surface area contributed by atoms with Crippen molar-refractivity contribution < 1.29 is 14.7 Å². The lowest BCUT2D eigenvalue weighted by molar-refractivity contribution is -0.133. The molecule has 4 N–H and O–H groups in total. The van der Waals surface area contributed by atoms with Gasteiger partial charge >= 0.3 is 0 Å². The van der Waals surface area contributed by atoms with E-state index in [4.69, 9.17) is 32.6 Å². The van der Waals surface area contributed by atoms with Crippen LogP contribution in [0.2, 0.25) is 5.02 Å². The number of nitrogens with zero attached hydrogens (tertiary/aromatic N) is 2. The molecule has 1 heterocycles. The van der Waals surface area contributed by atoms with Gasteiger partial charge in [0.2, 0.25) is 5.91 Å². The largest absolute Gasteiger partial charge is 0.483 e. The molecule has 0 bridgehead atoms. The molecule has 0 spiro atoms. The van der Waals surface area contributed by atoms with Crippen LogP contribution >= 0.6 is 11.6 Å². The SMILES string of the molecule is C/C=C\C.CCc1ccc(C2(C(=O)N(CCCc3cccc(Cl)c3)CC(=N)N)CC2)nc1.O=CO. The minimum atomic E-state index is -0.544. The first-order valence-corrected chi connectivity index (χ1v) is 12.1. The predicted octanol–water partition coefficient (Wildman–Crippen LogP) is 5.01. The maximum absolute atomic E-state index is 13.3. The fourth-order valence-corrected chi connectivity index (χ4v) is 3.76. The molecule has 0 radical (unpaired) electrons. The van der Waals surface area contributed by atoms with E-state index >= 15 is 0 Å². The zero-order valence-corrected chi connectivity index (χ0v) is 21.6. The van der Waals surface area contributed by atoms with Gasteiger partial charge in [-0.25, -0.2) is 0 Å². The highest BCUT2D eigenvalue weighted by Crippen LogP contribution is 2.48. The first-order valence-electron chi connectivity index (χ1n) is 11.7. The molecule has 1 amide bonds. The normalized spacial score (nSPS) is 13.0. The Morgan fingerprint density at radius 3 is 2.34 bits per heavy atom. The van der Waals surface area contributed by atoms with Gasteiger partial charge in [-0.2, -0.15) is 0 Å². The van der Waals surface area contributed by atoms with Gasteiger partial charge in [0, 0.05) is 17.8 Å². The van der Waals surface area contributed by atoms with Crippen molar-refractivity contribution in [1.29, 1.82) is 5.41 Å². The zero-order valence-electron chi connectivity index (χ0n) is 20.8. The van der Waals surface area contributed by atoms with E-state index in [1.807, 2.05) is 68.6 Å². The Morgan fingerprint density at radius 1 is 1.23 bits per heavy atom. The van der Waals surface area contributed by atoms with E-state index in [9.17, 15) is 4.79 Å². The van der Waals surface area contributed by atoms with Gasteiger partial charge in [0.05, 0.1) is 17.7 Å². The molecule has 0 aliphatic heterocycles. The van der Waals surface area contributed by atoms with Gasteiger partial charge in [-0.05, 0) is 75.3 Å². The van der Waals surface area contributed by atoms with E-state index in [0.717, 1.165) is 48.9 Å². The van der Waals surface area contributed by atoms with Crippen LogP contribution in [-0.2, 0) is 27.8 Å². The summed E-state index contributed by atoms with van der Waals surface area (Å²) in [5, 5.41) is 15.3. The van der Waals surface area contributed by atoms with Crippen LogP contribution in [0.1, 0.15) is 56.9 Å². The van der Waals surface area contributed by atoms with Crippen LogP contribution in [0.5, 0.6) is 0 Å². The lowest BCUT2D eigenvalue weighted by atomic mass is 9.98. The van der Waals surface area contributed by atoms with Crippen LogP contribution in [0.4, 0.5) is 0 Å². The Kier molecular flexibility index (Phi) is 13.4. The van der Waals surface area contributed by atoms with E-state index in [1.165, 1.54) is 0 Å². The molecule has 1 saturated carbocycles. The van der Waals surface area contributed by atoms with Gasteiger partial charge in [-0.15, -0.1) is 0 Å². The topological polar surface area (TPSA) is 120 Å². The van der Waals surface area contributed by atoms with E-state index < -0.39 is 5.41 Å². The van der Waals surface area contributed by atoms with Crippen LogP contribution in [0.15, 0.2) is 54.7 Å². The fraction of sp³-hybridized carbons (Fsp3) is 0.407. The van der Waals surface area contributed by atoms with Crippen molar-refractivity contribution in [2.75, 3.05) is 13.1 Å². The molecule has 1 aliphatic rings. The van der Waals surface area contributed by atoms with E-state index in [2.05, 4.69) is 11.9 Å². The number of hydrogen-bond acceptors (Lipinski definition) is 4. The number of amidine groups is 1. The molecule has 190 valence electrons. The van der Waals surface area contributed by atoms with Crippen molar-refractivity contribution >= 4 is 29.8 Å². The summed E-state index contributed by atoms with van der Waals surface area (Å²) in [6.45, 7) is 6.55. The Bertz CT molecular complexity index is 969. The third-order valence-electron chi connectivity index (χ3n) is 5.65. The maximum atomic E-state index is 13.3. The summed E-state index contributed by atoms with van der Waals surface area (Å²) in [6, 6.07) is 11.8. The van der Waals surface area contributed by atoms with Gasteiger partial charge in [0.1, 0.15) is 5.84 Å². The number of carbonyl (C=O) groups excluding carboxylic acids is 1. The number of pyridine rings is 1. The second-order valence-electron chi connectivity index (χ2n) is 8.24. The summed E-state index contributed by atoms with van der Waals surface area (Å²) in [5.41, 5.74) is 8.22. The number of carbonyl (C=O) groups is 2. The summed E-state index contributed by atoms with van der Waals surface area (Å²) in [4.78, 5) is 28.0. The summed E-state index contributed by atoms with van der Waals surface area (Å²) in [7, 11) is 0. The fourth-order valence-electron chi connectivity index (χ4n) is 3.55. The number of amides is 1. The van der Waals surface area contributed by atoms with Crippen molar-refractivity contribution in [3.05, 3.63) is 76.6 Å². The number of allylic oxidation sites excluding steroid dienone is 2. The predicted molar refractivity (Wildman–Crippen MR) is 142 cm³/mol. The highest BCUT2D eigenvalue weighted by Gasteiger charge is 2.54.